The molecule has 156 valence electrons. The Hall–Kier alpha value is -3.15. The maximum Gasteiger partial charge on any atom is 0.254 e. The van der Waals surface area contributed by atoms with Crippen LogP contribution in [0.1, 0.15) is 58.4 Å². The second-order valence-corrected chi connectivity index (χ2v) is 8.33. The molecule has 6 heteroatoms. The Morgan fingerprint density at radius 3 is 2.50 bits per heavy atom. The van der Waals surface area contributed by atoms with Crippen molar-refractivity contribution in [2.24, 2.45) is 11.7 Å². The fourth-order valence-electron chi connectivity index (χ4n) is 4.91. The second kappa shape index (κ2) is 8.30. The van der Waals surface area contributed by atoms with Crippen LogP contribution in [0.3, 0.4) is 0 Å². The molecule has 0 spiro atoms. The minimum Gasteiger partial charge on any atom is -0.366 e. The Morgan fingerprint density at radius 2 is 1.77 bits per heavy atom. The summed E-state index contributed by atoms with van der Waals surface area (Å²) >= 11 is 0. The number of carbonyl (C=O) groups is 3. The zero-order valence-corrected chi connectivity index (χ0v) is 17.1. The summed E-state index contributed by atoms with van der Waals surface area (Å²) in [4.78, 5) is 40.0. The summed E-state index contributed by atoms with van der Waals surface area (Å²) in [6, 6.07) is 13.8. The number of rotatable bonds is 4. The van der Waals surface area contributed by atoms with Crippen LogP contribution in [0.25, 0.3) is 0 Å². The lowest BCUT2D eigenvalue weighted by Gasteiger charge is -2.33. The van der Waals surface area contributed by atoms with Crippen LogP contribution in [0.4, 0.5) is 5.69 Å². The molecule has 0 aromatic heterocycles. The van der Waals surface area contributed by atoms with Crippen LogP contribution in [-0.4, -0.2) is 34.7 Å². The van der Waals surface area contributed by atoms with Gasteiger partial charge in [0.1, 0.15) is 6.04 Å². The van der Waals surface area contributed by atoms with Gasteiger partial charge in [-0.05, 0) is 61.9 Å². The number of anilines is 1. The SMILES string of the molecule is Cc1ccc(NC(=O)C2CC3CCCCC3N2C(=O)c2ccccc2)cc1C(N)=O. The predicted octanol–water partition coefficient (Wildman–Crippen LogP) is 3.51. The Bertz CT molecular complexity index is 973. The van der Waals surface area contributed by atoms with Gasteiger partial charge in [0.15, 0.2) is 0 Å². The lowest BCUT2D eigenvalue weighted by atomic mass is 9.84. The van der Waals surface area contributed by atoms with E-state index in [0.717, 1.165) is 31.2 Å². The van der Waals surface area contributed by atoms with Gasteiger partial charge in [-0.2, -0.15) is 0 Å². The Balaban J connectivity index is 1.60. The Kier molecular flexibility index (Phi) is 5.57. The summed E-state index contributed by atoms with van der Waals surface area (Å²) in [5, 5.41) is 2.91. The van der Waals surface area contributed by atoms with Gasteiger partial charge in [-0.1, -0.05) is 37.1 Å². The number of fused-ring (bicyclic) bond motifs is 1. The third-order valence-electron chi connectivity index (χ3n) is 6.42. The summed E-state index contributed by atoms with van der Waals surface area (Å²) in [6.45, 7) is 1.80. The Morgan fingerprint density at radius 1 is 1.03 bits per heavy atom. The van der Waals surface area contributed by atoms with E-state index in [0.29, 0.717) is 29.2 Å². The lowest BCUT2D eigenvalue weighted by molar-refractivity contribution is -0.120. The summed E-state index contributed by atoms with van der Waals surface area (Å²) in [7, 11) is 0. The van der Waals surface area contributed by atoms with Crippen LogP contribution >= 0.6 is 0 Å². The van der Waals surface area contributed by atoms with Gasteiger partial charge in [-0.15, -0.1) is 0 Å². The van der Waals surface area contributed by atoms with Crippen molar-refractivity contribution in [2.45, 2.75) is 51.1 Å². The molecule has 2 aromatic carbocycles. The quantitative estimate of drug-likeness (QED) is 0.815. The second-order valence-electron chi connectivity index (χ2n) is 8.33. The van der Waals surface area contributed by atoms with Crippen LogP contribution in [0.2, 0.25) is 0 Å². The summed E-state index contributed by atoms with van der Waals surface area (Å²) in [5.74, 6) is -0.488. The first-order chi connectivity index (χ1) is 14.5. The molecule has 3 unspecified atom stereocenters. The third-order valence-corrected chi connectivity index (χ3v) is 6.42. The number of hydrogen-bond donors (Lipinski definition) is 2. The lowest BCUT2D eigenvalue weighted by Crippen LogP contribution is -2.47. The zero-order valence-electron chi connectivity index (χ0n) is 17.1. The van der Waals surface area contributed by atoms with E-state index in [4.69, 9.17) is 5.73 Å². The largest absolute Gasteiger partial charge is 0.366 e. The molecule has 2 aliphatic rings. The van der Waals surface area contributed by atoms with Gasteiger partial charge in [-0.3, -0.25) is 14.4 Å². The molecule has 1 aliphatic carbocycles. The van der Waals surface area contributed by atoms with E-state index in [1.807, 2.05) is 18.2 Å². The molecule has 3 amide bonds. The number of carbonyl (C=O) groups excluding carboxylic acids is 3. The number of likely N-dealkylation sites (tertiary alicyclic amines) is 1. The molecule has 1 saturated carbocycles. The molecule has 0 radical (unpaired) electrons. The van der Waals surface area contributed by atoms with Crippen LogP contribution in [0.5, 0.6) is 0 Å². The molecular weight excluding hydrogens is 378 g/mol. The maximum atomic E-state index is 13.3. The minimum absolute atomic E-state index is 0.0909. The van der Waals surface area contributed by atoms with Crippen LogP contribution in [0, 0.1) is 12.8 Å². The maximum absolute atomic E-state index is 13.3. The molecule has 1 heterocycles. The van der Waals surface area contributed by atoms with Gasteiger partial charge in [0.05, 0.1) is 0 Å². The van der Waals surface area contributed by atoms with Gasteiger partial charge in [0, 0.05) is 22.9 Å². The molecule has 1 aliphatic heterocycles. The van der Waals surface area contributed by atoms with E-state index in [1.54, 1.807) is 42.2 Å². The van der Waals surface area contributed by atoms with Gasteiger partial charge in [-0.25, -0.2) is 0 Å². The minimum atomic E-state index is -0.531. The average molecular weight is 405 g/mol. The zero-order chi connectivity index (χ0) is 21.3. The van der Waals surface area contributed by atoms with E-state index >= 15 is 0 Å². The highest BCUT2D eigenvalue weighted by Crippen LogP contribution is 2.40. The number of aryl methyl sites for hydroxylation is 1. The fraction of sp³-hybridized carbons (Fsp3) is 0.375. The number of primary amides is 1. The van der Waals surface area contributed by atoms with E-state index in [9.17, 15) is 14.4 Å². The highest BCUT2D eigenvalue weighted by atomic mass is 16.2. The molecule has 30 heavy (non-hydrogen) atoms. The molecule has 3 N–H and O–H groups in total. The predicted molar refractivity (Wildman–Crippen MR) is 115 cm³/mol. The molecule has 1 saturated heterocycles. The van der Waals surface area contributed by atoms with Crippen molar-refractivity contribution in [3.63, 3.8) is 0 Å². The summed E-state index contributed by atoms with van der Waals surface area (Å²) in [5.41, 5.74) is 7.69. The van der Waals surface area contributed by atoms with Crippen molar-refractivity contribution in [3.05, 3.63) is 65.2 Å². The Labute approximate surface area is 176 Å². The van der Waals surface area contributed by atoms with E-state index in [-0.39, 0.29) is 17.9 Å². The topological polar surface area (TPSA) is 92.5 Å². The average Bonchev–Trinajstić information content (AvgIpc) is 3.14. The van der Waals surface area contributed by atoms with E-state index in [2.05, 4.69) is 5.32 Å². The van der Waals surface area contributed by atoms with Crippen molar-refractivity contribution in [3.8, 4) is 0 Å². The van der Waals surface area contributed by atoms with Crippen molar-refractivity contribution in [2.75, 3.05) is 5.32 Å². The number of amides is 3. The number of nitrogens with two attached hydrogens (primary N) is 1. The number of nitrogens with zero attached hydrogens (tertiary/aromatic N) is 1. The highest BCUT2D eigenvalue weighted by molar-refractivity contribution is 6.02. The van der Waals surface area contributed by atoms with E-state index in [1.165, 1.54) is 0 Å². The smallest absolute Gasteiger partial charge is 0.254 e. The van der Waals surface area contributed by atoms with Crippen LogP contribution in [-0.2, 0) is 4.79 Å². The first kappa shape index (κ1) is 20.1. The van der Waals surface area contributed by atoms with Crippen molar-refractivity contribution in [1.82, 2.24) is 4.90 Å². The van der Waals surface area contributed by atoms with Crippen molar-refractivity contribution >= 4 is 23.4 Å². The van der Waals surface area contributed by atoms with E-state index < -0.39 is 11.9 Å². The first-order valence-corrected chi connectivity index (χ1v) is 10.5. The first-order valence-electron chi connectivity index (χ1n) is 10.5. The summed E-state index contributed by atoms with van der Waals surface area (Å²) < 4.78 is 0. The molecular formula is C24H27N3O3. The van der Waals surface area contributed by atoms with Crippen LogP contribution in [0.15, 0.2) is 48.5 Å². The molecule has 4 rings (SSSR count). The van der Waals surface area contributed by atoms with Crippen molar-refractivity contribution < 1.29 is 14.4 Å². The molecule has 6 nitrogen and oxygen atoms in total. The van der Waals surface area contributed by atoms with Gasteiger partial charge in [0.25, 0.3) is 5.91 Å². The fourth-order valence-corrected chi connectivity index (χ4v) is 4.91. The van der Waals surface area contributed by atoms with Crippen LogP contribution < -0.4 is 11.1 Å². The van der Waals surface area contributed by atoms with Gasteiger partial charge in [0.2, 0.25) is 11.8 Å². The number of hydrogen-bond acceptors (Lipinski definition) is 3. The highest BCUT2D eigenvalue weighted by Gasteiger charge is 2.47. The number of nitrogens with one attached hydrogen (secondary N) is 1. The molecule has 2 fully saturated rings. The van der Waals surface area contributed by atoms with Gasteiger partial charge >= 0.3 is 0 Å². The monoisotopic (exact) mass is 405 g/mol. The molecule has 3 atom stereocenters. The third kappa shape index (κ3) is 3.82. The molecule has 2 aromatic rings. The summed E-state index contributed by atoms with van der Waals surface area (Å²) in [6.07, 6.45) is 4.87. The van der Waals surface area contributed by atoms with Crippen molar-refractivity contribution in [1.29, 1.82) is 0 Å². The standard InChI is InChI=1S/C24H27N3O3/c1-15-11-12-18(14-19(15)22(25)28)26-23(29)21-13-17-9-5-6-10-20(17)27(21)24(30)16-7-3-2-4-8-16/h2-4,7-8,11-12,14,17,20-21H,5-6,9-10,13H2,1H3,(H2,25,28)(H,26,29). The normalized spacial score (nSPS) is 23.0. The van der Waals surface area contributed by atoms with Gasteiger partial charge < -0.3 is 16.0 Å². The molecule has 0 bridgehead atoms. The number of benzene rings is 2.